The van der Waals surface area contributed by atoms with Crippen molar-refractivity contribution in [2.24, 2.45) is 5.73 Å². The van der Waals surface area contributed by atoms with Gasteiger partial charge in [-0.1, -0.05) is 12.2 Å². The summed E-state index contributed by atoms with van der Waals surface area (Å²) in [6.45, 7) is 0.384. The number of aromatic amines is 1. The summed E-state index contributed by atoms with van der Waals surface area (Å²) in [7, 11) is 0. The van der Waals surface area contributed by atoms with Crippen molar-refractivity contribution in [3.8, 4) is 0 Å². The van der Waals surface area contributed by atoms with E-state index in [9.17, 15) is 24.9 Å². The van der Waals surface area contributed by atoms with Gasteiger partial charge in [0, 0.05) is 13.1 Å². The summed E-state index contributed by atoms with van der Waals surface area (Å²) in [5.41, 5.74) is 6.30. The molecule has 1 aliphatic heterocycles. The molecule has 1 fully saturated rings. The molecule has 3 heterocycles. The number of rotatable bonds is 11. The molecule has 9 N–H and O–H groups in total. The van der Waals surface area contributed by atoms with Gasteiger partial charge in [0.2, 0.25) is 11.9 Å². The van der Waals surface area contributed by atoms with E-state index in [1.807, 2.05) is 0 Å². The lowest BCUT2D eigenvalue weighted by Crippen LogP contribution is -2.42. The summed E-state index contributed by atoms with van der Waals surface area (Å²) in [6, 6.07) is -1.09. The second-order valence-corrected chi connectivity index (χ2v) is 7.98. The maximum atomic E-state index is 11.7. The first-order valence-corrected chi connectivity index (χ1v) is 10.7. The maximum absolute atomic E-state index is 11.7. The molecule has 0 aliphatic carbocycles. The Labute approximate surface area is 192 Å². The number of carbonyl (C=O) groups is 2. The molecule has 0 saturated carbocycles. The van der Waals surface area contributed by atoms with Gasteiger partial charge in [0.15, 0.2) is 10.9 Å². The topological polar surface area (TPSA) is 221 Å². The van der Waals surface area contributed by atoms with Crippen LogP contribution >= 0.6 is 12.2 Å². The minimum atomic E-state index is -1.27. The van der Waals surface area contributed by atoms with Crippen LogP contribution in [0, 0.1) is 4.64 Å². The number of aliphatic carboxylic acids is 1. The second kappa shape index (κ2) is 11.0. The van der Waals surface area contributed by atoms with Crippen LogP contribution in [0.2, 0.25) is 0 Å². The first-order valence-electron chi connectivity index (χ1n) is 10.3. The quantitative estimate of drug-likeness (QED) is 0.131. The Bertz CT molecular complexity index is 1040. The van der Waals surface area contributed by atoms with Gasteiger partial charge in [0.05, 0.1) is 25.4 Å². The molecule has 0 radical (unpaired) electrons. The molecule has 1 saturated heterocycles. The summed E-state index contributed by atoms with van der Waals surface area (Å²) >= 11 is 5.29. The van der Waals surface area contributed by atoms with Crippen LogP contribution in [0.15, 0.2) is 6.33 Å². The first kappa shape index (κ1) is 24.9. The van der Waals surface area contributed by atoms with Crippen LogP contribution in [0.3, 0.4) is 0 Å². The van der Waals surface area contributed by atoms with Gasteiger partial charge in [0.25, 0.3) is 0 Å². The number of hydrogen-bond acceptors (Lipinski definition) is 11. The minimum absolute atomic E-state index is 0.219. The van der Waals surface area contributed by atoms with Crippen LogP contribution in [0.25, 0.3) is 11.2 Å². The molecule has 1 amide bonds. The third-order valence-electron chi connectivity index (χ3n) is 5.16. The number of fused-ring (bicyclic) bond motifs is 1. The third kappa shape index (κ3) is 5.82. The van der Waals surface area contributed by atoms with Crippen LogP contribution in [0.5, 0.6) is 0 Å². The Morgan fingerprint density at radius 1 is 1.30 bits per heavy atom. The number of aliphatic hydroxyl groups excluding tert-OH is 3. The lowest BCUT2D eigenvalue weighted by Gasteiger charge is -2.17. The SMILES string of the molecule is NC(CC(=O)O)C(=O)NCCCCNc1nc(=S)c2ncn([C@@H]3O[C@H](CO)[C@@H](O)[C@H]3O)c2[nH]1. The van der Waals surface area contributed by atoms with E-state index in [0.717, 1.165) is 0 Å². The van der Waals surface area contributed by atoms with Crippen molar-refractivity contribution in [1.29, 1.82) is 0 Å². The number of unbranched alkanes of at least 4 members (excludes halogenated alkanes) is 1. The van der Waals surface area contributed by atoms with Crippen molar-refractivity contribution in [3.05, 3.63) is 11.0 Å². The molecule has 182 valence electrons. The normalized spacial score (nSPS) is 23.5. The molecular weight excluding hydrogens is 458 g/mol. The van der Waals surface area contributed by atoms with E-state index < -0.39 is 55.5 Å². The highest BCUT2D eigenvalue weighted by Crippen LogP contribution is 2.31. The summed E-state index contributed by atoms with van der Waals surface area (Å²) < 4.78 is 7.25. The zero-order valence-corrected chi connectivity index (χ0v) is 18.4. The highest BCUT2D eigenvalue weighted by molar-refractivity contribution is 7.71. The number of carboxylic acids is 1. The Morgan fingerprint density at radius 2 is 2.03 bits per heavy atom. The molecule has 2 aromatic heterocycles. The molecule has 33 heavy (non-hydrogen) atoms. The number of aromatic nitrogens is 4. The number of nitrogens with one attached hydrogen (secondary N) is 3. The average Bonchev–Trinajstić information content (AvgIpc) is 3.31. The number of amides is 1. The van der Waals surface area contributed by atoms with E-state index in [0.29, 0.717) is 43.0 Å². The minimum Gasteiger partial charge on any atom is -0.481 e. The van der Waals surface area contributed by atoms with Gasteiger partial charge in [-0.25, -0.2) is 9.97 Å². The monoisotopic (exact) mass is 485 g/mol. The van der Waals surface area contributed by atoms with Crippen molar-refractivity contribution < 1.29 is 34.8 Å². The fourth-order valence-electron chi connectivity index (χ4n) is 3.40. The molecule has 2 aromatic rings. The number of ether oxygens (including phenoxy) is 1. The number of nitrogens with two attached hydrogens (primary N) is 1. The van der Waals surface area contributed by atoms with E-state index in [2.05, 4.69) is 25.6 Å². The predicted molar refractivity (Wildman–Crippen MR) is 117 cm³/mol. The lowest BCUT2D eigenvalue weighted by molar-refractivity contribution is -0.139. The number of nitrogens with zero attached hydrogens (tertiary/aromatic N) is 3. The van der Waals surface area contributed by atoms with Gasteiger partial charge in [-0.15, -0.1) is 0 Å². The van der Waals surface area contributed by atoms with Gasteiger partial charge in [-0.2, -0.15) is 0 Å². The number of imidazole rings is 1. The molecule has 3 rings (SSSR count). The van der Waals surface area contributed by atoms with Crippen molar-refractivity contribution in [1.82, 2.24) is 24.8 Å². The van der Waals surface area contributed by atoms with E-state index in [-0.39, 0.29) is 4.64 Å². The van der Waals surface area contributed by atoms with Crippen molar-refractivity contribution >= 4 is 41.2 Å². The van der Waals surface area contributed by atoms with Crippen LogP contribution in [0.1, 0.15) is 25.5 Å². The average molecular weight is 486 g/mol. The zero-order valence-electron chi connectivity index (χ0n) is 17.5. The summed E-state index contributed by atoms with van der Waals surface area (Å²) in [4.78, 5) is 33.7. The van der Waals surface area contributed by atoms with Crippen LogP contribution in [-0.2, 0) is 14.3 Å². The first-order chi connectivity index (χ1) is 15.7. The molecule has 0 bridgehead atoms. The van der Waals surface area contributed by atoms with E-state index in [1.54, 1.807) is 0 Å². The Hall–Kier alpha value is -2.69. The lowest BCUT2D eigenvalue weighted by atomic mass is 10.1. The predicted octanol–water partition coefficient (Wildman–Crippen LogP) is -1.79. The molecule has 1 unspecified atom stereocenters. The van der Waals surface area contributed by atoms with Gasteiger partial charge in [-0.3, -0.25) is 14.2 Å². The molecule has 1 aliphatic rings. The highest BCUT2D eigenvalue weighted by Gasteiger charge is 2.43. The van der Waals surface area contributed by atoms with Crippen molar-refractivity contribution in [2.45, 2.75) is 49.8 Å². The summed E-state index contributed by atoms with van der Waals surface area (Å²) in [5, 5.41) is 43.9. The number of anilines is 1. The van der Waals surface area contributed by atoms with Gasteiger partial charge in [0.1, 0.15) is 29.5 Å². The second-order valence-electron chi connectivity index (χ2n) is 7.60. The van der Waals surface area contributed by atoms with E-state index >= 15 is 0 Å². The van der Waals surface area contributed by atoms with Crippen LogP contribution in [-0.4, -0.2) is 95.9 Å². The number of H-pyrrole nitrogens is 1. The number of carboxylic acid groups (broad SMARTS) is 1. The number of hydrogen-bond donors (Lipinski definition) is 8. The Kier molecular flexibility index (Phi) is 8.28. The maximum Gasteiger partial charge on any atom is 0.305 e. The van der Waals surface area contributed by atoms with Crippen LogP contribution < -0.4 is 16.4 Å². The standard InChI is InChI=1S/C18H27N7O7S/c19-8(5-10(27)28)15(31)20-3-1-2-4-21-18-23-14-11(16(33)24-18)22-7-25(14)17-13(30)12(29)9(6-26)32-17/h7-9,12-13,17,26,29-30H,1-6,19H2,(H,20,31)(H,27,28)(H2,21,23,24,33)/t8?,9-,12-,13-,17-/m1/s1. The van der Waals surface area contributed by atoms with Gasteiger partial charge in [-0.05, 0) is 12.8 Å². The third-order valence-corrected chi connectivity index (χ3v) is 5.45. The fourth-order valence-corrected chi connectivity index (χ4v) is 3.64. The molecule has 5 atom stereocenters. The molecular formula is C18H27N7O7S. The summed E-state index contributed by atoms with van der Waals surface area (Å²) in [6.07, 6.45) is -2.18. The van der Waals surface area contributed by atoms with Gasteiger partial charge >= 0.3 is 5.97 Å². The van der Waals surface area contributed by atoms with Crippen LogP contribution in [0.4, 0.5) is 5.95 Å². The zero-order chi connectivity index (χ0) is 24.1. The van der Waals surface area contributed by atoms with Gasteiger partial charge < -0.3 is 46.5 Å². The fraction of sp³-hybridized carbons (Fsp3) is 0.611. The van der Waals surface area contributed by atoms with Crippen molar-refractivity contribution in [2.75, 3.05) is 25.0 Å². The summed E-state index contributed by atoms with van der Waals surface area (Å²) in [5.74, 6) is -1.29. The molecule has 0 spiro atoms. The Morgan fingerprint density at radius 3 is 2.70 bits per heavy atom. The Balaban J connectivity index is 1.56. The molecule has 0 aromatic carbocycles. The number of carbonyl (C=O) groups excluding carboxylic acids is 1. The molecule has 14 nitrogen and oxygen atoms in total. The highest BCUT2D eigenvalue weighted by atomic mass is 32.1. The molecule has 15 heteroatoms. The number of aliphatic hydroxyl groups is 3. The van der Waals surface area contributed by atoms with E-state index in [1.165, 1.54) is 10.9 Å². The van der Waals surface area contributed by atoms with Crippen molar-refractivity contribution in [3.63, 3.8) is 0 Å². The largest absolute Gasteiger partial charge is 0.481 e. The smallest absolute Gasteiger partial charge is 0.305 e. The van der Waals surface area contributed by atoms with E-state index in [4.69, 9.17) is 27.8 Å².